The third-order valence-electron chi connectivity index (χ3n) is 3.24. The molecular formula is C14H17FN2O2. The van der Waals surface area contributed by atoms with Crippen molar-refractivity contribution in [2.24, 2.45) is 5.92 Å². The molecule has 102 valence electrons. The van der Waals surface area contributed by atoms with Gasteiger partial charge in [-0.2, -0.15) is 0 Å². The Bertz CT molecular complexity index is 513. The van der Waals surface area contributed by atoms with Gasteiger partial charge in [-0.25, -0.2) is 9.18 Å². The van der Waals surface area contributed by atoms with E-state index in [4.69, 9.17) is 0 Å². The smallest absolute Gasteiger partial charge is 0.319 e. The minimum absolute atomic E-state index is 0.199. The summed E-state index contributed by atoms with van der Waals surface area (Å²) in [5.74, 6) is -0.466. The monoisotopic (exact) mass is 264 g/mol. The first-order chi connectivity index (χ1) is 8.84. The number of urea groups is 1. The van der Waals surface area contributed by atoms with Gasteiger partial charge in [-0.05, 0) is 30.5 Å². The Morgan fingerprint density at radius 3 is 2.37 bits per heavy atom. The molecule has 1 aliphatic rings. The summed E-state index contributed by atoms with van der Waals surface area (Å²) in [6, 6.07) is 5.21. The van der Waals surface area contributed by atoms with Crippen LogP contribution in [-0.4, -0.2) is 23.4 Å². The summed E-state index contributed by atoms with van der Waals surface area (Å²) in [5.41, 5.74) is -0.529. The molecule has 1 aromatic rings. The second-order valence-electron chi connectivity index (χ2n) is 5.37. The quantitative estimate of drug-likeness (QED) is 0.851. The summed E-state index contributed by atoms with van der Waals surface area (Å²) in [5, 5.41) is 2.69. The van der Waals surface area contributed by atoms with Crippen LogP contribution in [0.15, 0.2) is 24.3 Å². The Morgan fingerprint density at radius 1 is 1.26 bits per heavy atom. The lowest BCUT2D eigenvalue weighted by atomic mass is 9.92. The zero-order chi connectivity index (χ0) is 14.2. The Balaban J connectivity index is 2.32. The summed E-state index contributed by atoms with van der Waals surface area (Å²) in [6.45, 7) is 5.89. The lowest BCUT2D eigenvalue weighted by Gasteiger charge is -2.22. The van der Waals surface area contributed by atoms with Gasteiger partial charge in [0.1, 0.15) is 11.4 Å². The van der Waals surface area contributed by atoms with Gasteiger partial charge in [0.2, 0.25) is 0 Å². The predicted molar refractivity (Wildman–Crippen MR) is 68.8 cm³/mol. The molecule has 19 heavy (non-hydrogen) atoms. The molecule has 0 spiro atoms. The zero-order valence-corrected chi connectivity index (χ0v) is 11.2. The van der Waals surface area contributed by atoms with Gasteiger partial charge in [0.25, 0.3) is 5.91 Å². The van der Waals surface area contributed by atoms with E-state index < -0.39 is 11.6 Å². The van der Waals surface area contributed by atoms with Crippen LogP contribution in [0.3, 0.4) is 0 Å². The number of halogens is 1. The molecule has 0 aromatic heterocycles. The third-order valence-corrected chi connectivity index (χ3v) is 3.24. The van der Waals surface area contributed by atoms with E-state index in [-0.39, 0.29) is 17.6 Å². The average molecular weight is 264 g/mol. The van der Waals surface area contributed by atoms with E-state index in [1.807, 2.05) is 13.8 Å². The van der Waals surface area contributed by atoms with E-state index in [0.29, 0.717) is 12.1 Å². The molecule has 0 aliphatic carbocycles. The minimum Gasteiger partial charge on any atom is -0.319 e. The third kappa shape index (κ3) is 2.32. The molecule has 1 unspecified atom stereocenters. The molecule has 1 atom stereocenters. The van der Waals surface area contributed by atoms with Gasteiger partial charge in [0.15, 0.2) is 0 Å². The van der Waals surface area contributed by atoms with Gasteiger partial charge >= 0.3 is 6.03 Å². The van der Waals surface area contributed by atoms with E-state index in [9.17, 15) is 14.0 Å². The van der Waals surface area contributed by atoms with Crippen molar-refractivity contribution < 1.29 is 14.0 Å². The van der Waals surface area contributed by atoms with Crippen molar-refractivity contribution >= 4 is 11.9 Å². The maximum Gasteiger partial charge on any atom is 0.325 e. The molecule has 4 nitrogen and oxygen atoms in total. The second-order valence-corrected chi connectivity index (χ2v) is 5.37. The van der Waals surface area contributed by atoms with Crippen molar-refractivity contribution in [1.82, 2.24) is 10.2 Å². The van der Waals surface area contributed by atoms with E-state index in [1.54, 1.807) is 6.92 Å². The van der Waals surface area contributed by atoms with Gasteiger partial charge < -0.3 is 5.32 Å². The number of carbonyl (C=O) groups excluding carboxylic acids is 2. The molecule has 2 rings (SSSR count). The van der Waals surface area contributed by atoms with Crippen LogP contribution in [0.2, 0.25) is 0 Å². The number of hydrogen-bond acceptors (Lipinski definition) is 2. The second kappa shape index (κ2) is 4.64. The summed E-state index contributed by atoms with van der Waals surface area (Å²) in [7, 11) is 0. The van der Waals surface area contributed by atoms with Crippen LogP contribution in [0.25, 0.3) is 0 Å². The Morgan fingerprint density at radius 2 is 1.84 bits per heavy atom. The van der Waals surface area contributed by atoms with Crippen LogP contribution in [0.1, 0.15) is 26.3 Å². The molecule has 1 heterocycles. The first-order valence-corrected chi connectivity index (χ1v) is 6.24. The van der Waals surface area contributed by atoms with E-state index in [2.05, 4.69) is 5.32 Å². The minimum atomic E-state index is -1.11. The first-order valence-electron chi connectivity index (χ1n) is 6.24. The van der Waals surface area contributed by atoms with Crippen LogP contribution < -0.4 is 5.32 Å². The summed E-state index contributed by atoms with van der Waals surface area (Å²) in [4.78, 5) is 25.5. The topological polar surface area (TPSA) is 49.4 Å². The number of carbonyl (C=O) groups is 2. The van der Waals surface area contributed by atoms with Gasteiger partial charge in [0, 0.05) is 6.54 Å². The number of hydrogen-bond donors (Lipinski definition) is 1. The first kappa shape index (κ1) is 13.5. The lowest BCUT2D eigenvalue weighted by Crippen LogP contribution is -2.41. The largest absolute Gasteiger partial charge is 0.325 e. The molecule has 1 saturated heterocycles. The molecule has 5 heteroatoms. The molecule has 1 N–H and O–H groups in total. The molecule has 3 amide bonds. The van der Waals surface area contributed by atoms with Crippen molar-refractivity contribution in [2.75, 3.05) is 6.54 Å². The molecule has 0 radical (unpaired) electrons. The Labute approximate surface area is 111 Å². The van der Waals surface area contributed by atoms with Crippen LogP contribution in [0.5, 0.6) is 0 Å². The average Bonchev–Trinajstić information content (AvgIpc) is 2.54. The van der Waals surface area contributed by atoms with Gasteiger partial charge in [-0.3, -0.25) is 9.69 Å². The van der Waals surface area contributed by atoms with Crippen molar-refractivity contribution in [3.05, 3.63) is 35.6 Å². The van der Waals surface area contributed by atoms with Crippen molar-refractivity contribution in [1.29, 1.82) is 0 Å². The Hall–Kier alpha value is -1.91. The number of nitrogens with one attached hydrogen (secondary N) is 1. The van der Waals surface area contributed by atoms with Gasteiger partial charge in [0.05, 0.1) is 0 Å². The Kier molecular flexibility index (Phi) is 3.30. The molecule has 0 saturated carbocycles. The molecule has 1 fully saturated rings. The van der Waals surface area contributed by atoms with Crippen LogP contribution in [0, 0.1) is 11.7 Å². The standard InChI is InChI=1S/C14H17FN2O2/c1-9(2)8-17-12(18)14(3,16-13(17)19)10-4-6-11(15)7-5-10/h4-7,9H,8H2,1-3H3,(H,16,19). The maximum atomic E-state index is 12.9. The molecular weight excluding hydrogens is 247 g/mol. The van der Waals surface area contributed by atoms with Gasteiger partial charge in [-0.1, -0.05) is 26.0 Å². The number of imide groups is 1. The number of nitrogens with zero attached hydrogens (tertiary/aromatic N) is 1. The molecule has 0 bridgehead atoms. The zero-order valence-electron chi connectivity index (χ0n) is 11.2. The lowest BCUT2D eigenvalue weighted by molar-refractivity contribution is -0.131. The van der Waals surface area contributed by atoms with E-state index in [1.165, 1.54) is 29.2 Å². The summed E-state index contributed by atoms with van der Waals surface area (Å²) >= 11 is 0. The van der Waals surface area contributed by atoms with Crippen LogP contribution in [-0.2, 0) is 10.3 Å². The highest BCUT2D eigenvalue weighted by molar-refractivity contribution is 6.07. The normalized spacial score (nSPS) is 23.1. The molecule has 1 aliphatic heterocycles. The van der Waals surface area contributed by atoms with Crippen LogP contribution >= 0.6 is 0 Å². The summed E-state index contributed by atoms with van der Waals surface area (Å²) < 4.78 is 12.9. The highest BCUT2D eigenvalue weighted by atomic mass is 19.1. The number of benzene rings is 1. The fourth-order valence-electron chi connectivity index (χ4n) is 2.21. The van der Waals surface area contributed by atoms with E-state index >= 15 is 0 Å². The van der Waals surface area contributed by atoms with Crippen LogP contribution in [0.4, 0.5) is 9.18 Å². The van der Waals surface area contributed by atoms with Crippen molar-refractivity contribution in [3.8, 4) is 0 Å². The van der Waals surface area contributed by atoms with Crippen molar-refractivity contribution in [3.63, 3.8) is 0 Å². The highest BCUT2D eigenvalue weighted by Crippen LogP contribution is 2.29. The number of amides is 3. The fourth-order valence-corrected chi connectivity index (χ4v) is 2.21. The maximum absolute atomic E-state index is 12.9. The SMILES string of the molecule is CC(C)CN1C(=O)NC(C)(c2ccc(F)cc2)C1=O. The number of rotatable bonds is 3. The van der Waals surface area contributed by atoms with Gasteiger partial charge in [-0.15, -0.1) is 0 Å². The summed E-state index contributed by atoms with van der Waals surface area (Å²) in [6.07, 6.45) is 0. The predicted octanol–water partition coefficient (Wildman–Crippen LogP) is 2.25. The molecule has 1 aromatic carbocycles. The van der Waals surface area contributed by atoms with E-state index in [0.717, 1.165) is 0 Å². The highest BCUT2D eigenvalue weighted by Gasteiger charge is 2.48. The fraction of sp³-hybridized carbons (Fsp3) is 0.429. The van der Waals surface area contributed by atoms with Crippen molar-refractivity contribution in [2.45, 2.75) is 26.3 Å².